The Hall–Kier alpha value is -0.740. The van der Waals surface area contributed by atoms with Gasteiger partial charge in [-0.05, 0) is 41.1 Å². The van der Waals surface area contributed by atoms with Crippen LogP contribution in [0, 0.1) is 0 Å². The lowest BCUT2D eigenvalue weighted by atomic mass is 10.2. The van der Waals surface area contributed by atoms with Gasteiger partial charge in [-0.2, -0.15) is 0 Å². The van der Waals surface area contributed by atoms with Crippen molar-refractivity contribution >= 4 is 39.1 Å². The molecule has 1 atom stereocenters. The Morgan fingerprint density at radius 3 is 2.86 bits per heavy atom. The smallest absolute Gasteiger partial charge is 0.239 e. The third-order valence-electron chi connectivity index (χ3n) is 1.73. The SMILES string of the molecule is CC(Nc1cc(Cl)ccc1Br)C(N)=O. The molecular weight excluding hydrogens is 267 g/mol. The molecule has 1 rings (SSSR count). The Kier molecular flexibility index (Phi) is 3.77. The second-order valence-electron chi connectivity index (χ2n) is 2.89. The van der Waals surface area contributed by atoms with E-state index in [2.05, 4.69) is 21.2 Å². The molecule has 0 aliphatic heterocycles. The van der Waals surface area contributed by atoms with Crippen molar-refractivity contribution in [2.24, 2.45) is 5.73 Å². The van der Waals surface area contributed by atoms with Gasteiger partial charge in [-0.1, -0.05) is 11.6 Å². The highest BCUT2D eigenvalue weighted by Gasteiger charge is 2.09. The lowest BCUT2D eigenvalue weighted by Crippen LogP contribution is -2.32. The third kappa shape index (κ3) is 2.89. The molecule has 0 saturated carbocycles. The van der Waals surface area contributed by atoms with Gasteiger partial charge >= 0.3 is 0 Å². The molecule has 0 aliphatic carbocycles. The number of carbonyl (C=O) groups is 1. The number of amides is 1. The van der Waals surface area contributed by atoms with Gasteiger partial charge in [-0.25, -0.2) is 0 Å². The molecule has 3 nitrogen and oxygen atoms in total. The number of carbonyl (C=O) groups excluding carboxylic acids is 1. The number of hydrogen-bond donors (Lipinski definition) is 2. The molecule has 1 unspecified atom stereocenters. The van der Waals surface area contributed by atoms with Crippen LogP contribution < -0.4 is 11.1 Å². The van der Waals surface area contributed by atoms with E-state index in [0.717, 1.165) is 10.2 Å². The summed E-state index contributed by atoms with van der Waals surface area (Å²) in [6.07, 6.45) is 0. The van der Waals surface area contributed by atoms with Crippen molar-refractivity contribution in [2.45, 2.75) is 13.0 Å². The molecule has 0 radical (unpaired) electrons. The minimum absolute atomic E-state index is 0.406. The van der Waals surface area contributed by atoms with Crippen LogP contribution >= 0.6 is 27.5 Å². The van der Waals surface area contributed by atoms with Gasteiger partial charge in [-0.15, -0.1) is 0 Å². The lowest BCUT2D eigenvalue weighted by molar-refractivity contribution is -0.118. The first-order valence-corrected chi connectivity index (χ1v) is 5.18. The van der Waals surface area contributed by atoms with Crippen LogP contribution in [0.1, 0.15) is 6.92 Å². The Morgan fingerprint density at radius 1 is 1.64 bits per heavy atom. The molecule has 5 heteroatoms. The summed E-state index contributed by atoms with van der Waals surface area (Å²) in [5.74, 6) is -0.406. The average molecular weight is 278 g/mol. The third-order valence-corrected chi connectivity index (χ3v) is 2.65. The average Bonchev–Trinajstić information content (AvgIpc) is 2.11. The van der Waals surface area contributed by atoms with Crippen molar-refractivity contribution in [1.29, 1.82) is 0 Å². The van der Waals surface area contributed by atoms with E-state index in [1.54, 1.807) is 25.1 Å². The number of primary amides is 1. The molecule has 1 aromatic rings. The normalized spacial score (nSPS) is 12.2. The van der Waals surface area contributed by atoms with E-state index >= 15 is 0 Å². The zero-order valence-electron chi connectivity index (χ0n) is 7.55. The van der Waals surface area contributed by atoms with Crippen molar-refractivity contribution in [3.05, 3.63) is 27.7 Å². The number of rotatable bonds is 3. The number of anilines is 1. The second kappa shape index (κ2) is 4.66. The van der Waals surface area contributed by atoms with Crippen LogP contribution in [0.3, 0.4) is 0 Å². The van der Waals surface area contributed by atoms with E-state index in [9.17, 15) is 4.79 Å². The summed E-state index contributed by atoms with van der Waals surface area (Å²) in [6, 6.07) is 4.86. The van der Waals surface area contributed by atoms with E-state index in [0.29, 0.717) is 5.02 Å². The predicted molar refractivity (Wildman–Crippen MR) is 61.4 cm³/mol. The maximum Gasteiger partial charge on any atom is 0.239 e. The lowest BCUT2D eigenvalue weighted by Gasteiger charge is -2.13. The molecular formula is C9H10BrClN2O. The first kappa shape index (κ1) is 11.3. The number of benzene rings is 1. The van der Waals surface area contributed by atoms with Crippen LogP contribution in [-0.2, 0) is 4.79 Å². The number of halogens is 2. The Labute approximate surface area is 95.7 Å². The molecule has 0 heterocycles. The van der Waals surface area contributed by atoms with Gasteiger partial charge in [0.05, 0.1) is 5.69 Å². The fraction of sp³-hybridized carbons (Fsp3) is 0.222. The molecule has 0 aliphatic rings. The second-order valence-corrected chi connectivity index (χ2v) is 4.18. The van der Waals surface area contributed by atoms with E-state index in [1.165, 1.54) is 0 Å². The molecule has 0 aromatic heterocycles. The van der Waals surface area contributed by atoms with Gasteiger partial charge in [0.1, 0.15) is 6.04 Å². The van der Waals surface area contributed by atoms with Crippen LogP contribution in [0.2, 0.25) is 5.02 Å². The monoisotopic (exact) mass is 276 g/mol. The summed E-state index contributed by atoms with van der Waals surface area (Å²) >= 11 is 9.14. The minimum Gasteiger partial charge on any atom is -0.373 e. The molecule has 3 N–H and O–H groups in total. The maximum absolute atomic E-state index is 10.8. The Bertz CT molecular complexity index is 357. The summed E-state index contributed by atoms with van der Waals surface area (Å²) in [4.78, 5) is 10.8. The molecule has 14 heavy (non-hydrogen) atoms. The Balaban J connectivity index is 2.85. The topological polar surface area (TPSA) is 55.1 Å². The zero-order chi connectivity index (χ0) is 10.7. The van der Waals surface area contributed by atoms with Crippen molar-refractivity contribution in [1.82, 2.24) is 0 Å². The summed E-state index contributed by atoms with van der Waals surface area (Å²) in [7, 11) is 0. The van der Waals surface area contributed by atoms with Crippen LogP contribution in [0.25, 0.3) is 0 Å². The summed E-state index contributed by atoms with van der Waals surface area (Å²) < 4.78 is 0.843. The maximum atomic E-state index is 10.8. The minimum atomic E-state index is -0.426. The first-order chi connectivity index (χ1) is 6.50. The van der Waals surface area contributed by atoms with Gasteiger partial charge in [0.2, 0.25) is 5.91 Å². The highest BCUT2D eigenvalue weighted by atomic mass is 79.9. The summed E-state index contributed by atoms with van der Waals surface area (Å²) in [5.41, 5.74) is 5.88. The molecule has 1 aromatic carbocycles. The molecule has 0 saturated heterocycles. The molecule has 0 bridgehead atoms. The fourth-order valence-electron chi connectivity index (χ4n) is 0.912. The zero-order valence-corrected chi connectivity index (χ0v) is 9.89. The highest BCUT2D eigenvalue weighted by molar-refractivity contribution is 9.10. The van der Waals surface area contributed by atoms with Crippen LogP contribution in [0.5, 0.6) is 0 Å². The van der Waals surface area contributed by atoms with Crippen LogP contribution in [0.15, 0.2) is 22.7 Å². The van der Waals surface area contributed by atoms with Crippen molar-refractivity contribution in [3.8, 4) is 0 Å². The van der Waals surface area contributed by atoms with Gasteiger partial charge < -0.3 is 11.1 Å². The fourth-order valence-corrected chi connectivity index (χ4v) is 1.45. The van der Waals surface area contributed by atoms with E-state index in [1.807, 2.05) is 0 Å². The molecule has 0 fully saturated rings. The van der Waals surface area contributed by atoms with Gasteiger partial charge in [0.15, 0.2) is 0 Å². The van der Waals surface area contributed by atoms with Crippen LogP contribution in [-0.4, -0.2) is 11.9 Å². The predicted octanol–water partition coefficient (Wildman–Crippen LogP) is 2.39. The van der Waals surface area contributed by atoms with Gasteiger partial charge in [-0.3, -0.25) is 4.79 Å². The van der Waals surface area contributed by atoms with E-state index in [-0.39, 0.29) is 0 Å². The van der Waals surface area contributed by atoms with Crippen molar-refractivity contribution in [3.63, 3.8) is 0 Å². The molecule has 76 valence electrons. The van der Waals surface area contributed by atoms with Gasteiger partial charge in [0.25, 0.3) is 0 Å². The van der Waals surface area contributed by atoms with Crippen LogP contribution in [0.4, 0.5) is 5.69 Å². The standard InChI is InChI=1S/C9H10BrClN2O/c1-5(9(12)14)13-8-4-6(11)2-3-7(8)10/h2-5,13H,1H3,(H2,12,14). The summed E-state index contributed by atoms with van der Waals surface area (Å²) in [5, 5.41) is 3.55. The highest BCUT2D eigenvalue weighted by Crippen LogP contribution is 2.26. The number of hydrogen-bond acceptors (Lipinski definition) is 2. The quantitative estimate of drug-likeness (QED) is 0.891. The summed E-state index contributed by atoms with van der Waals surface area (Å²) in [6.45, 7) is 1.69. The van der Waals surface area contributed by atoms with E-state index < -0.39 is 11.9 Å². The number of nitrogens with two attached hydrogens (primary N) is 1. The van der Waals surface area contributed by atoms with E-state index in [4.69, 9.17) is 17.3 Å². The Morgan fingerprint density at radius 2 is 2.29 bits per heavy atom. The van der Waals surface area contributed by atoms with Crippen molar-refractivity contribution < 1.29 is 4.79 Å². The van der Waals surface area contributed by atoms with Crippen molar-refractivity contribution in [2.75, 3.05) is 5.32 Å². The van der Waals surface area contributed by atoms with Gasteiger partial charge in [0, 0.05) is 9.50 Å². The first-order valence-electron chi connectivity index (χ1n) is 4.01. The molecule has 0 spiro atoms. The largest absolute Gasteiger partial charge is 0.373 e. The number of nitrogens with one attached hydrogen (secondary N) is 1. The molecule has 1 amide bonds.